The number of anilines is 3. The van der Waals surface area contributed by atoms with E-state index in [1.54, 1.807) is 0 Å². The highest BCUT2D eigenvalue weighted by Gasteiger charge is 2.47. The molecule has 0 amide bonds. The number of hydrogen-bond donors (Lipinski definition) is 2. The second-order valence-electron chi connectivity index (χ2n) is 20.2. The Hall–Kier alpha value is -9.68. The first-order valence-corrected chi connectivity index (χ1v) is 27.5. The smallest absolute Gasteiger partial charge is 0.137 e. The maximum Gasteiger partial charge on any atom is 0.137 e. The number of hydrogen-bond acceptors (Lipinski definition) is 4. The maximum absolute atomic E-state index is 6.15. The second kappa shape index (κ2) is 19.7. The second-order valence-corrected chi connectivity index (χ2v) is 21.1. The number of nitrogen functional groups attached to an aromatic ring is 1. The monoisotopic (exact) mass is 1080 g/mol. The number of halogens is 1. The molecule has 5 heteroatoms. The molecule has 12 aromatic carbocycles. The lowest BCUT2D eigenvalue weighted by Gasteiger charge is -2.34. The molecule has 0 fully saturated rings. The van der Waals surface area contributed by atoms with Crippen molar-refractivity contribution >= 4 is 76.9 Å². The van der Waals surface area contributed by atoms with Gasteiger partial charge in [-0.1, -0.05) is 246 Å². The van der Waals surface area contributed by atoms with Gasteiger partial charge in [-0.05, 0) is 127 Å². The van der Waals surface area contributed by atoms with E-state index in [1.807, 2.05) is 66.7 Å². The molecule has 2 aliphatic carbocycles. The normalized spacial score (nSPS) is 13.1. The van der Waals surface area contributed by atoms with Gasteiger partial charge in [-0.25, -0.2) is 0 Å². The minimum absolute atomic E-state index is 0.293. The van der Waals surface area contributed by atoms with Gasteiger partial charge in [-0.3, -0.25) is 0 Å². The Kier molecular flexibility index (Phi) is 11.9. The lowest BCUT2D eigenvalue weighted by Crippen LogP contribution is -2.28. The molecule has 2 aromatic heterocycles. The highest BCUT2D eigenvalue weighted by molar-refractivity contribution is 9.10. The molecule has 4 nitrogen and oxygen atoms in total. The topological polar surface area (TPSA) is 64.3 Å². The molecule has 0 unspecified atom stereocenters. The van der Waals surface area contributed by atoms with Crippen molar-refractivity contribution < 1.29 is 8.83 Å². The van der Waals surface area contributed by atoms with E-state index in [0.29, 0.717) is 0 Å². The van der Waals surface area contributed by atoms with Gasteiger partial charge in [0.05, 0.1) is 27.3 Å². The van der Waals surface area contributed by atoms with Crippen LogP contribution in [-0.4, -0.2) is 0 Å². The Bertz CT molecular complexity index is 4480. The van der Waals surface area contributed by atoms with E-state index >= 15 is 0 Å². The van der Waals surface area contributed by atoms with E-state index in [1.165, 1.54) is 66.8 Å². The summed E-state index contributed by atoms with van der Waals surface area (Å²) in [4.78, 5) is 0. The molecule has 0 saturated heterocycles. The summed E-state index contributed by atoms with van der Waals surface area (Å²) in [6.07, 6.45) is 0. The summed E-state index contributed by atoms with van der Waals surface area (Å²) < 4.78 is 12.9. The van der Waals surface area contributed by atoms with Crippen LogP contribution in [0.15, 0.2) is 304 Å². The highest BCUT2D eigenvalue weighted by atomic mass is 79.9. The van der Waals surface area contributed by atoms with Crippen LogP contribution < -0.4 is 11.1 Å². The Morgan fingerprint density at radius 1 is 0.316 bits per heavy atom. The van der Waals surface area contributed by atoms with Gasteiger partial charge in [0.25, 0.3) is 0 Å². The fraction of sp³-hybridized carbons (Fsp3) is 0.0270. The minimum Gasteiger partial charge on any atom is -0.456 e. The van der Waals surface area contributed by atoms with Crippen molar-refractivity contribution in [2.75, 3.05) is 11.1 Å². The number of nitrogens with two attached hydrogens (primary N) is 1. The van der Waals surface area contributed by atoms with Crippen molar-refractivity contribution in [3.05, 3.63) is 340 Å². The number of furan rings is 2. The zero-order chi connectivity index (χ0) is 52.9. The third-order valence-electron chi connectivity index (χ3n) is 16.0. The van der Waals surface area contributed by atoms with Gasteiger partial charge < -0.3 is 19.9 Å². The van der Waals surface area contributed by atoms with Crippen LogP contribution in [0, 0.1) is 0 Å². The van der Waals surface area contributed by atoms with Crippen LogP contribution in [0.1, 0.15) is 44.5 Å². The minimum atomic E-state index is -0.416. The van der Waals surface area contributed by atoms with Crippen LogP contribution in [-0.2, 0) is 10.8 Å². The van der Waals surface area contributed by atoms with Crippen LogP contribution in [0.25, 0.3) is 66.1 Å². The van der Waals surface area contributed by atoms with Crippen molar-refractivity contribution in [2.24, 2.45) is 0 Å². The zero-order valence-corrected chi connectivity index (χ0v) is 44.6. The molecule has 0 bridgehead atoms. The molecule has 0 radical (unpaired) electrons. The van der Waals surface area contributed by atoms with Gasteiger partial charge in [-0.15, -0.1) is 0 Å². The number of fused-ring (bicyclic) bond motifs is 12. The Labute approximate surface area is 467 Å². The van der Waals surface area contributed by atoms with Gasteiger partial charge in [-0.2, -0.15) is 0 Å². The molecular weight excluding hydrogens is 1030 g/mol. The van der Waals surface area contributed by atoms with E-state index in [2.05, 4.69) is 246 Å². The number of nitrogens with one attached hydrogen (secondary N) is 1. The molecule has 16 rings (SSSR count). The molecule has 2 heterocycles. The standard InChI is InChI=1S/C37H25NO.C25H17Br.C12H9NO/c1-2-12-25(13-3-1)37(31-19-7-4-16-28(31)29-17-5-8-20-32(29)37)26-14-10-15-27(24-26)38-33-21-11-23-35-36(33)30-18-6-9-22-34(30)39-35;26-20-12-8-11-19(17-20)25(18-9-2-1-3-10-18)23-15-6-4-13-21(23)22-14-5-7-16-24(22)25;13-9-5-3-7-11-12(9)8-4-1-2-6-10(8)14-11/h1-24,38H;1-17H;1-7H,13H2. The average molecular weight is 1080 g/mol. The van der Waals surface area contributed by atoms with Crippen molar-refractivity contribution in [3.8, 4) is 22.3 Å². The fourth-order valence-corrected chi connectivity index (χ4v) is 13.2. The lowest BCUT2D eigenvalue weighted by atomic mass is 9.67. The molecule has 0 atom stereocenters. The molecule has 0 spiro atoms. The maximum atomic E-state index is 6.15. The molecular formula is C74H51BrN2O2. The largest absolute Gasteiger partial charge is 0.456 e. The SMILES string of the molecule is Brc1cccc(C2(c3ccccc3)c3ccccc3-c3ccccc32)c1.Nc1cccc2oc3ccccc3c12.c1ccc(C2(c3cccc(Nc4cccc5oc6ccccc6c45)c3)c3ccccc3-c3ccccc32)cc1. The molecule has 79 heavy (non-hydrogen) atoms. The van der Waals surface area contributed by atoms with Crippen LogP contribution >= 0.6 is 15.9 Å². The molecule has 3 N–H and O–H groups in total. The first-order valence-electron chi connectivity index (χ1n) is 26.7. The van der Waals surface area contributed by atoms with Crippen LogP contribution in [0.5, 0.6) is 0 Å². The highest BCUT2D eigenvalue weighted by Crippen LogP contribution is 2.58. The molecule has 2 aliphatic rings. The third-order valence-corrected chi connectivity index (χ3v) is 16.5. The van der Waals surface area contributed by atoms with Crippen molar-refractivity contribution in [1.29, 1.82) is 0 Å². The summed E-state index contributed by atoms with van der Waals surface area (Å²) in [6.45, 7) is 0. The quantitative estimate of drug-likeness (QED) is 0.163. The molecule has 14 aromatic rings. The predicted octanol–water partition coefficient (Wildman–Crippen LogP) is 19.7. The molecule has 0 aliphatic heterocycles. The van der Waals surface area contributed by atoms with E-state index in [9.17, 15) is 0 Å². The van der Waals surface area contributed by atoms with Crippen LogP contribution in [0.4, 0.5) is 17.1 Å². The van der Waals surface area contributed by atoms with Gasteiger partial charge in [0.2, 0.25) is 0 Å². The predicted molar refractivity (Wildman–Crippen MR) is 330 cm³/mol. The fourth-order valence-electron chi connectivity index (χ4n) is 12.8. The number of para-hydroxylation sites is 2. The summed E-state index contributed by atoms with van der Waals surface area (Å²) in [5.41, 5.74) is 27.3. The van der Waals surface area contributed by atoms with Gasteiger partial charge in [0.1, 0.15) is 22.3 Å². The summed E-state index contributed by atoms with van der Waals surface area (Å²) in [5, 5.41) is 8.07. The van der Waals surface area contributed by atoms with Gasteiger partial charge >= 0.3 is 0 Å². The Morgan fingerprint density at radius 3 is 1.22 bits per heavy atom. The van der Waals surface area contributed by atoms with Gasteiger partial charge in [0.15, 0.2) is 0 Å². The third kappa shape index (κ3) is 7.80. The Balaban J connectivity index is 0.000000120. The van der Waals surface area contributed by atoms with E-state index in [-0.39, 0.29) is 5.41 Å². The van der Waals surface area contributed by atoms with Crippen molar-refractivity contribution in [3.63, 3.8) is 0 Å². The summed E-state index contributed by atoms with van der Waals surface area (Å²) >= 11 is 3.69. The molecule has 0 saturated carbocycles. The summed E-state index contributed by atoms with van der Waals surface area (Å²) in [5.74, 6) is 0. The van der Waals surface area contributed by atoms with Crippen LogP contribution in [0.2, 0.25) is 0 Å². The van der Waals surface area contributed by atoms with Crippen LogP contribution in [0.3, 0.4) is 0 Å². The van der Waals surface area contributed by atoms with E-state index in [4.69, 9.17) is 14.6 Å². The average Bonchev–Trinajstić information content (AvgIpc) is 4.31. The first-order chi connectivity index (χ1) is 39.0. The lowest BCUT2D eigenvalue weighted by molar-refractivity contribution is 0.668. The first kappa shape index (κ1) is 47.7. The van der Waals surface area contributed by atoms with Crippen molar-refractivity contribution in [1.82, 2.24) is 0 Å². The van der Waals surface area contributed by atoms with Gasteiger partial charge in [0, 0.05) is 26.6 Å². The zero-order valence-electron chi connectivity index (χ0n) is 43.0. The van der Waals surface area contributed by atoms with E-state index in [0.717, 1.165) is 65.4 Å². The number of rotatable bonds is 6. The van der Waals surface area contributed by atoms with E-state index < -0.39 is 5.41 Å². The van der Waals surface area contributed by atoms with Crippen molar-refractivity contribution in [2.45, 2.75) is 10.8 Å². The number of benzene rings is 12. The summed E-state index contributed by atoms with van der Waals surface area (Å²) in [7, 11) is 0. The molecule has 376 valence electrons. The Morgan fingerprint density at radius 2 is 0.696 bits per heavy atom. The summed E-state index contributed by atoms with van der Waals surface area (Å²) in [6, 6.07) is 103.